The second-order valence-electron chi connectivity index (χ2n) is 4.43. The first-order valence-electron chi connectivity index (χ1n) is 5.13. The van der Waals surface area contributed by atoms with Crippen LogP contribution in [0, 0.1) is 11.3 Å². The number of nitrogens with zero attached hydrogens (tertiary/aromatic N) is 1. The molecule has 1 atom stereocenters. The molecule has 4 nitrogen and oxygen atoms in total. The van der Waals surface area contributed by atoms with Crippen molar-refractivity contribution in [3.63, 3.8) is 0 Å². The molecule has 0 bridgehead atoms. The van der Waals surface area contributed by atoms with Gasteiger partial charge in [-0.05, 0) is 20.8 Å². The Hall–Kier alpha value is -0.250. The fourth-order valence-electron chi connectivity index (χ4n) is 1.23. The largest absolute Gasteiger partial charge is 0.297 e. The maximum Gasteiger partial charge on any atom is 0.148 e. The predicted molar refractivity (Wildman–Crippen MR) is 69.3 cm³/mol. The Labute approximate surface area is 103 Å². The highest BCUT2D eigenvalue weighted by atomic mass is 32.2. The summed E-state index contributed by atoms with van der Waals surface area (Å²) in [6, 6.07) is 2.46. The van der Waals surface area contributed by atoms with Crippen molar-refractivity contribution < 1.29 is 8.42 Å². The Morgan fingerprint density at radius 3 is 2.44 bits per heavy atom. The van der Waals surface area contributed by atoms with E-state index in [-0.39, 0.29) is 11.8 Å². The molecule has 0 rings (SSSR count). The van der Waals surface area contributed by atoms with E-state index in [1.807, 2.05) is 20.8 Å². The van der Waals surface area contributed by atoms with Crippen LogP contribution in [0.5, 0.6) is 0 Å². The van der Waals surface area contributed by atoms with Crippen molar-refractivity contribution in [1.82, 2.24) is 5.32 Å². The zero-order chi connectivity index (χ0) is 12.8. The number of nitriles is 1. The quantitative estimate of drug-likeness (QED) is 0.696. The zero-order valence-electron chi connectivity index (χ0n) is 10.3. The zero-order valence-corrected chi connectivity index (χ0v) is 11.9. The fraction of sp³-hybridized carbons (Fsp3) is 0.900. The maximum atomic E-state index is 10.9. The lowest BCUT2D eigenvalue weighted by Gasteiger charge is -2.25. The normalized spacial score (nSPS) is 15.8. The van der Waals surface area contributed by atoms with Gasteiger partial charge in [0.25, 0.3) is 0 Å². The van der Waals surface area contributed by atoms with E-state index in [2.05, 4.69) is 11.4 Å². The molecule has 0 aliphatic heterocycles. The summed E-state index contributed by atoms with van der Waals surface area (Å²) in [5, 5.41) is 12.2. The Balaban J connectivity index is 4.02. The molecule has 16 heavy (non-hydrogen) atoms. The number of thioether (sulfide) groups is 1. The highest BCUT2D eigenvalue weighted by Gasteiger charge is 2.24. The molecule has 0 saturated heterocycles. The van der Waals surface area contributed by atoms with Gasteiger partial charge in [-0.15, -0.1) is 0 Å². The van der Waals surface area contributed by atoms with Gasteiger partial charge in [0.05, 0.1) is 11.8 Å². The van der Waals surface area contributed by atoms with Crippen LogP contribution < -0.4 is 5.32 Å². The summed E-state index contributed by atoms with van der Waals surface area (Å²) >= 11 is 1.49. The Morgan fingerprint density at radius 2 is 2.06 bits per heavy atom. The van der Waals surface area contributed by atoms with Crippen molar-refractivity contribution in [3.8, 4) is 6.07 Å². The van der Waals surface area contributed by atoms with Crippen LogP contribution in [0.3, 0.4) is 0 Å². The molecule has 0 fully saturated rings. The van der Waals surface area contributed by atoms with Gasteiger partial charge in [-0.1, -0.05) is 0 Å². The minimum Gasteiger partial charge on any atom is -0.297 e. The van der Waals surface area contributed by atoms with Crippen LogP contribution in [0.1, 0.15) is 20.8 Å². The van der Waals surface area contributed by atoms with Crippen LogP contribution in [0.2, 0.25) is 0 Å². The molecule has 6 heteroatoms. The van der Waals surface area contributed by atoms with Crippen LogP contribution in [0.15, 0.2) is 0 Å². The van der Waals surface area contributed by atoms with Crippen LogP contribution in [-0.4, -0.2) is 43.5 Å². The Bertz CT molecular complexity index is 346. The van der Waals surface area contributed by atoms with Gasteiger partial charge in [0.2, 0.25) is 0 Å². The lowest BCUT2D eigenvalue weighted by atomic mass is 10.1. The molecule has 1 N–H and O–H groups in total. The summed E-state index contributed by atoms with van der Waals surface area (Å²) in [6.45, 7) is 5.80. The molecule has 0 aromatic carbocycles. The number of nitrogens with one attached hydrogen (secondary N) is 1. The third-order valence-electron chi connectivity index (χ3n) is 1.84. The van der Waals surface area contributed by atoms with E-state index in [9.17, 15) is 8.42 Å². The maximum absolute atomic E-state index is 10.9. The molecule has 0 radical (unpaired) electrons. The number of hydrogen-bond acceptors (Lipinski definition) is 5. The van der Waals surface area contributed by atoms with Crippen molar-refractivity contribution >= 4 is 21.6 Å². The standard InChI is InChI=1S/C10H20N2O2S2/c1-9(2)12-10(3,7-11)8-15-5-6-16(4,13)14/h9,12H,5-6,8H2,1-4H3. The highest BCUT2D eigenvalue weighted by Crippen LogP contribution is 2.13. The number of sulfone groups is 1. The second-order valence-corrected chi connectivity index (χ2v) is 7.79. The van der Waals surface area contributed by atoms with Gasteiger partial charge in [0.15, 0.2) is 0 Å². The van der Waals surface area contributed by atoms with E-state index in [0.29, 0.717) is 11.5 Å². The highest BCUT2D eigenvalue weighted by molar-refractivity contribution is 8.00. The molecule has 0 amide bonds. The summed E-state index contributed by atoms with van der Waals surface area (Å²) in [5.74, 6) is 1.30. The first-order chi connectivity index (χ1) is 7.18. The predicted octanol–water partition coefficient (Wildman–Crippen LogP) is 1.04. The Kier molecular flexibility index (Phi) is 6.38. The third-order valence-corrected chi connectivity index (χ3v) is 4.32. The summed E-state index contributed by atoms with van der Waals surface area (Å²) in [5.41, 5.74) is -0.587. The minimum absolute atomic E-state index is 0.168. The molecule has 0 aliphatic carbocycles. The summed E-state index contributed by atoms with van der Waals surface area (Å²) in [6.07, 6.45) is 1.23. The first-order valence-corrected chi connectivity index (χ1v) is 8.34. The van der Waals surface area contributed by atoms with Crippen molar-refractivity contribution in [2.75, 3.05) is 23.5 Å². The van der Waals surface area contributed by atoms with Gasteiger partial charge < -0.3 is 0 Å². The molecule has 0 spiro atoms. The molecule has 0 heterocycles. The van der Waals surface area contributed by atoms with Gasteiger partial charge in [-0.25, -0.2) is 8.42 Å². The monoisotopic (exact) mass is 264 g/mol. The molecule has 0 saturated carbocycles. The number of hydrogen-bond donors (Lipinski definition) is 1. The van der Waals surface area contributed by atoms with Gasteiger partial charge in [0, 0.05) is 23.8 Å². The average molecular weight is 264 g/mol. The molecular formula is C10H20N2O2S2. The Morgan fingerprint density at radius 1 is 1.50 bits per heavy atom. The second kappa shape index (κ2) is 6.48. The molecule has 0 aromatic rings. The van der Waals surface area contributed by atoms with Crippen LogP contribution in [-0.2, 0) is 9.84 Å². The van der Waals surface area contributed by atoms with E-state index in [0.717, 1.165) is 0 Å². The van der Waals surface area contributed by atoms with Crippen LogP contribution in [0.25, 0.3) is 0 Å². The average Bonchev–Trinajstić information content (AvgIpc) is 2.10. The van der Waals surface area contributed by atoms with Crippen molar-refractivity contribution in [2.45, 2.75) is 32.4 Å². The van der Waals surface area contributed by atoms with Gasteiger partial charge in [-0.2, -0.15) is 17.0 Å². The van der Waals surface area contributed by atoms with Gasteiger partial charge in [0.1, 0.15) is 15.4 Å². The van der Waals surface area contributed by atoms with Gasteiger partial charge >= 0.3 is 0 Å². The van der Waals surface area contributed by atoms with Crippen LogP contribution in [0.4, 0.5) is 0 Å². The lowest BCUT2D eigenvalue weighted by molar-refractivity contribution is 0.443. The van der Waals surface area contributed by atoms with Crippen molar-refractivity contribution in [3.05, 3.63) is 0 Å². The molecule has 0 aliphatic rings. The SMILES string of the molecule is CC(C)NC(C)(C#N)CSCCS(C)(=O)=O. The summed E-state index contributed by atoms with van der Waals surface area (Å²) < 4.78 is 21.8. The molecule has 94 valence electrons. The molecule has 1 unspecified atom stereocenters. The summed E-state index contributed by atoms with van der Waals surface area (Å²) in [7, 11) is -2.90. The third kappa shape index (κ3) is 7.97. The van der Waals surface area contributed by atoms with E-state index in [1.165, 1.54) is 18.0 Å². The van der Waals surface area contributed by atoms with Gasteiger partial charge in [-0.3, -0.25) is 5.32 Å². The molecular weight excluding hydrogens is 244 g/mol. The lowest BCUT2D eigenvalue weighted by Crippen LogP contribution is -2.47. The fourth-order valence-corrected chi connectivity index (χ4v) is 3.61. The van der Waals surface area contributed by atoms with E-state index in [4.69, 9.17) is 5.26 Å². The number of rotatable bonds is 7. The smallest absolute Gasteiger partial charge is 0.148 e. The van der Waals surface area contributed by atoms with E-state index in [1.54, 1.807) is 0 Å². The minimum atomic E-state index is -2.90. The first kappa shape index (κ1) is 15.8. The topological polar surface area (TPSA) is 70.0 Å². The molecule has 0 aromatic heterocycles. The van der Waals surface area contributed by atoms with Crippen molar-refractivity contribution in [2.24, 2.45) is 0 Å². The van der Waals surface area contributed by atoms with E-state index < -0.39 is 15.4 Å². The summed E-state index contributed by atoms with van der Waals surface area (Å²) in [4.78, 5) is 0. The van der Waals surface area contributed by atoms with E-state index >= 15 is 0 Å². The van der Waals surface area contributed by atoms with Crippen molar-refractivity contribution in [1.29, 1.82) is 5.26 Å². The van der Waals surface area contributed by atoms with Crippen LogP contribution >= 0.6 is 11.8 Å².